The molecule has 1 aromatic carbocycles. The largest absolute Gasteiger partial charge is 0.409 e. The Morgan fingerprint density at radius 2 is 2.10 bits per heavy atom. The second-order valence-corrected chi connectivity index (χ2v) is 4.63. The van der Waals surface area contributed by atoms with E-state index in [2.05, 4.69) is 10.5 Å². The van der Waals surface area contributed by atoms with E-state index in [1.54, 1.807) is 7.11 Å². The summed E-state index contributed by atoms with van der Waals surface area (Å²) in [6.07, 6.45) is 0.377. The summed E-state index contributed by atoms with van der Waals surface area (Å²) < 4.78 is 4.96. The van der Waals surface area contributed by atoms with Crippen molar-refractivity contribution in [2.45, 2.75) is 19.4 Å². The number of rotatable bonds is 7. The van der Waals surface area contributed by atoms with Gasteiger partial charge in [0, 0.05) is 13.2 Å². The van der Waals surface area contributed by atoms with Crippen LogP contribution < -0.4 is 11.1 Å². The van der Waals surface area contributed by atoms with Gasteiger partial charge in [-0.25, -0.2) is 0 Å². The summed E-state index contributed by atoms with van der Waals surface area (Å²) >= 11 is 0. The third-order valence-corrected chi connectivity index (χ3v) is 2.88. The highest BCUT2D eigenvalue weighted by Crippen LogP contribution is 2.10. The molecule has 0 radical (unpaired) electrons. The van der Waals surface area contributed by atoms with Gasteiger partial charge in [-0.15, -0.1) is 0 Å². The Morgan fingerprint density at radius 3 is 2.65 bits per heavy atom. The minimum atomic E-state index is -0.707. The molecule has 0 aliphatic carbocycles. The Morgan fingerprint density at radius 1 is 1.45 bits per heavy atom. The van der Waals surface area contributed by atoms with Crippen molar-refractivity contribution < 1.29 is 14.7 Å². The number of amides is 1. The molecule has 6 nitrogen and oxygen atoms in total. The Kier molecular flexibility index (Phi) is 6.52. The van der Waals surface area contributed by atoms with E-state index >= 15 is 0 Å². The molecule has 0 fully saturated rings. The van der Waals surface area contributed by atoms with Crippen LogP contribution in [0.3, 0.4) is 0 Å². The van der Waals surface area contributed by atoms with Crippen LogP contribution in [0.5, 0.6) is 0 Å². The van der Waals surface area contributed by atoms with Crippen molar-refractivity contribution in [1.29, 1.82) is 0 Å². The van der Waals surface area contributed by atoms with E-state index in [0.717, 1.165) is 5.56 Å². The van der Waals surface area contributed by atoms with Crippen molar-refractivity contribution in [1.82, 2.24) is 5.32 Å². The van der Waals surface area contributed by atoms with E-state index in [1.165, 1.54) is 0 Å². The lowest BCUT2D eigenvalue weighted by atomic mass is 9.97. The predicted octanol–water partition coefficient (Wildman–Crippen LogP) is 0.743. The maximum absolute atomic E-state index is 12.2. The molecule has 2 atom stereocenters. The highest BCUT2D eigenvalue weighted by Gasteiger charge is 2.24. The van der Waals surface area contributed by atoms with E-state index in [0.29, 0.717) is 13.0 Å². The van der Waals surface area contributed by atoms with E-state index < -0.39 is 5.92 Å². The number of methoxy groups -OCH3 is 1. The predicted molar refractivity (Wildman–Crippen MR) is 76.5 cm³/mol. The minimum Gasteiger partial charge on any atom is -0.409 e. The number of nitrogens with two attached hydrogens (primary N) is 1. The van der Waals surface area contributed by atoms with E-state index in [-0.39, 0.29) is 17.8 Å². The fourth-order valence-electron chi connectivity index (χ4n) is 1.89. The molecule has 0 aromatic heterocycles. The number of carbonyl (C=O) groups excluding carboxylic acids is 1. The van der Waals surface area contributed by atoms with Crippen molar-refractivity contribution in [3.63, 3.8) is 0 Å². The van der Waals surface area contributed by atoms with Crippen molar-refractivity contribution in [2.24, 2.45) is 16.8 Å². The zero-order valence-corrected chi connectivity index (χ0v) is 11.7. The molecule has 0 spiro atoms. The first-order valence-electron chi connectivity index (χ1n) is 6.39. The van der Waals surface area contributed by atoms with Crippen LogP contribution >= 0.6 is 0 Å². The number of carbonyl (C=O) groups is 1. The third kappa shape index (κ3) is 4.89. The zero-order valence-electron chi connectivity index (χ0n) is 11.7. The highest BCUT2D eigenvalue weighted by molar-refractivity contribution is 6.02. The van der Waals surface area contributed by atoms with Gasteiger partial charge in [0.1, 0.15) is 5.92 Å². The van der Waals surface area contributed by atoms with Crippen LogP contribution in [0.25, 0.3) is 0 Å². The molecule has 0 aliphatic heterocycles. The lowest BCUT2D eigenvalue weighted by Crippen LogP contribution is -2.45. The lowest BCUT2D eigenvalue weighted by molar-refractivity contribution is -0.124. The fraction of sp³-hybridized carbons (Fsp3) is 0.429. The quantitative estimate of drug-likeness (QED) is 0.297. The second-order valence-electron chi connectivity index (χ2n) is 4.63. The molecule has 6 heteroatoms. The van der Waals surface area contributed by atoms with Gasteiger partial charge in [-0.2, -0.15) is 0 Å². The Hall–Kier alpha value is -2.08. The molecule has 20 heavy (non-hydrogen) atoms. The number of hydrogen-bond donors (Lipinski definition) is 3. The number of nitrogens with one attached hydrogen (secondary N) is 1. The van der Waals surface area contributed by atoms with Crippen LogP contribution in [-0.2, 0) is 16.0 Å². The fourth-order valence-corrected chi connectivity index (χ4v) is 1.89. The normalized spacial score (nSPS) is 14.6. The summed E-state index contributed by atoms with van der Waals surface area (Å²) in [6, 6.07) is 9.29. The molecule has 4 N–H and O–H groups in total. The van der Waals surface area contributed by atoms with Gasteiger partial charge in [-0.3, -0.25) is 4.79 Å². The summed E-state index contributed by atoms with van der Waals surface area (Å²) in [5.41, 5.74) is 6.57. The van der Waals surface area contributed by atoms with Gasteiger partial charge in [0.15, 0.2) is 5.84 Å². The summed E-state index contributed by atoms with van der Waals surface area (Å²) in [5, 5.41) is 14.6. The van der Waals surface area contributed by atoms with E-state index in [9.17, 15) is 4.79 Å². The molecule has 1 rings (SSSR count). The number of amidine groups is 1. The van der Waals surface area contributed by atoms with Crippen LogP contribution in [0.4, 0.5) is 0 Å². The lowest BCUT2D eigenvalue weighted by Gasteiger charge is -2.19. The molecule has 0 aliphatic rings. The molecule has 0 saturated heterocycles. The molecule has 0 bridgehead atoms. The standard InChI is InChI=1S/C14H21N3O3/c1-10(9-20-2)16-14(18)12(13(15)17-19)8-11-6-4-3-5-7-11/h3-7,10,12,19H,8-9H2,1-2H3,(H2,15,17)(H,16,18). The van der Waals surface area contributed by atoms with Gasteiger partial charge in [-0.1, -0.05) is 35.5 Å². The van der Waals surface area contributed by atoms with Crippen LogP contribution in [-0.4, -0.2) is 36.7 Å². The number of nitrogens with zero attached hydrogens (tertiary/aromatic N) is 1. The molecule has 2 unspecified atom stereocenters. The summed E-state index contributed by atoms with van der Waals surface area (Å²) in [6.45, 7) is 2.23. The van der Waals surface area contributed by atoms with Crippen LogP contribution in [0.2, 0.25) is 0 Å². The SMILES string of the molecule is COCC(C)NC(=O)C(Cc1ccccc1)C(N)=NO. The Labute approximate surface area is 118 Å². The van der Waals surface area contributed by atoms with Crippen molar-refractivity contribution in [3.05, 3.63) is 35.9 Å². The first kappa shape index (κ1) is 16.0. The second kappa shape index (κ2) is 8.16. The number of hydrogen-bond acceptors (Lipinski definition) is 4. The van der Waals surface area contributed by atoms with Crippen molar-refractivity contribution >= 4 is 11.7 Å². The summed E-state index contributed by atoms with van der Waals surface area (Å²) in [5.74, 6) is -1.09. The van der Waals surface area contributed by atoms with Gasteiger partial charge >= 0.3 is 0 Å². The minimum absolute atomic E-state index is 0.101. The Balaban J connectivity index is 2.77. The summed E-state index contributed by atoms with van der Waals surface area (Å²) in [7, 11) is 1.56. The van der Waals surface area contributed by atoms with Gasteiger partial charge in [0.2, 0.25) is 5.91 Å². The van der Waals surface area contributed by atoms with E-state index in [1.807, 2.05) is 37.3 Å². The molecule has 1 aromatic rings. The molecule has 0 saturated carbocycles. The molecular weight excluding hydrogens is 258 g/mol. The van der Waals surface area contributed by atoms with E-state index in [4.69, 9.17) is 15.7 Å². The average Bonchev–Trinajstić information content (AvgIpc) is 2.45. The molecule has 1 amide bonds. The van der Waals surface area contributed by atoms with Gasteiger partial charge in [0.05, 0.1) is 6.61 Å². The van der Waals surface area contributed by atoms with Gasteiger partial charge in [0.25, 0.3) is 0 Å². The van der Waals surface area contributed by atoms with Gasteiger partial charge in [-0.05, 0) is 18.9 Å². The highest BCUT2D eigenvalue weighted by atomic mass is 16.5. The monoisotopic (exact) mass is 279 g/mol. The number of oxime groups is 1. The average molecular weight is 279 g/mol. The molecule has 110 valence electrons. The molecular formula is C14H21N3O3. The van der Waals surface area contributed by atoms with Gasteiger partial charge < -0.3 is 21.0 Å². The first-order chi connectivity index (χ1) is 9.58. The van der Waals surface area contributed by atoms with Crippen molar-refractivity contribution in [3.8, 4) is 0 Å². The number of ether oxygens (including phenoxy) is 1. The zero-order chi connectivity index (χ0) is 15.0. The van der Waals surface area contributed by atoms with Crippen LogP contribution in [0, 0.1) is 5.92 Å². The smallest absolute Gasteiger partial charge is 0.231 e. The number of benzene rings is 1. The van der Waals surface area contributed by atoms with Crippen molar-refractivity contribution in [2.75, 3.05) is 13.7 Å². The first-order valence-corrected chi connectivity index (χ1v) is 6.39. The Bertz CT molecular complexity index is 448. The summed E-state index contributed by atoms with van der Waals surface area (Å²) in [4.78, 5) is 12.2. The maximum atomic E-state index is 12.2. The molecule has 0 heterocycles. The topological polar surface area (TPSA) is 96.9 Å². The van der Waals surface area contributed by atoms with Crippen LogP contribution in [0.15, 0.2) is 35.5 Å². The maximum Gasteiger partial charge on any atom is 0.231 e. The third-order valence-electron chi connectivity index (χ3n) is 2.88. The van der Waals surface area contributed by atoms with Crippen LogP contribution in [0.1, 0.15) is 12.5 Å².